The van der Waals surface area contributed by atoms with E-state index in [1.165, 1.54) is 4.90 Å². The van der Waals surface area contributed by atoms with E-state index in [1.54, 1.807) is 32.7 Å². The van der Waals surface area contributed by atoms with E-state index in [-0.39, 0.29) is 19.1 Å². The number of nitrogens with one attached hydrogen (secondary N) is 2. The maximum Gasteiger partial charge on any atom is 0.408 e. The van der Waals surface area contributed by atoms with Crippen molar-refractivity contribution >= 4 is 12.1 Å². The number of urea groups is 1. The minimum Gasteiger partial charge on any atom is -0.465 e. The summed E-state index contributed by atoms with van der Waals surface area (Å²) in [5.41, 5.74) is 2.12. The van der Waals surface area contributed by atoms with Crippen molar-refractivity contribution in [2.75, 3.05) is 20.1 Å². The second kappa shape index (κ2) is 16.1. The van der Waals surface area contributed by atoms with E-state index in [4.69, 9.17) is 0 Å². The van der Waals surface area contributed by atoms with Gasteiger partial charge in [0, 0.05) is 32.2 Å². The molecule has 0 aliphatic heterocycles. The Kier molecular flexibility index (Phi) is 12.5. The topological polar surface area (TPSA) is 125 Å². The lowest BCUT2D eigenvalue weighted by Crippen LogP contribution is -2.58. The summed E-state index contributed by atoms with van der Waals surface area (Å²) < 4.78 is 0. The fourth-order valence-electron chi connectivity index (χ4n) is 5.19. The van der Waals surface area contributed by atoms with Crippen LogP contribution in [0.1, 0.15) is 37.5 Å². The Labute approximate surface area is 255 Å². The van der Waals surface area contributed by atoms with Crippen LogP contribution in [0.15, 0.2) is 91.0 Å². The predicted octanol–water partition coefficient (Wildman–Crippen LogP) is 4.14. The SMILES string of the molecule is CN(Cc1ccccc1)C(=O)N[C@@H](Cc1ccccc1)[C@H](O)CNC[C@@H](O)[C@H](Cc1ccccc1)N(C(=O)O)C(C)(C)C. The van der Waals surface area contributed by atoms with Gasteiger partial charge in [0.2, 0.25) is 0 Å². The molecular weight excluding hydrogens is 544 g/mol. The Bertz CT molecular complexity index is 1250. The Morgan fingerprint density at radius 3 is 1.70 bits per heavy atom. The van der Waals surface area contributed by atoms with Crippen molar-refractivity contribution in [2.24, 2.45) is 0 Å². The van der Waals surface area contributed by atoms with Gasteiger partial charge in [-0.1, -0.05) is 91.0 Å². The van der Waals surface area contributed by atoms with Crippen molar-refractivity contribution in [3.8, 4) is 0 Å². The molecule has 5 N–H and O–H groups in total. The Hall–Kier alpha value is -3.92. The van der Waals surface area contributed by atoms with Crippen LogP contribution in [-0.2, 0) is 19.4 Å². The van der Waals surface area contributed by atoms with Crippen molar-refractivity contribution in [3.63, 3.8) is 0 Å². The van der Waals surface area contributed by atoms with Gasteiger partial charge >= 0.3 is 12.1 Å². The highest BCUT2D eigenvalue weighted by Gasteiger charge is 2.37. The van der Waals surface area contributed by atoms with E-state index in [0.717, 1.165) is 16.7 Å². The summed E-state index contributed by atoms with van der Waals surface area (Å²) in [5, 5.41) is 38.7. The molecule has 43 heavy (non-hydrogen) atoms. The van der Waals surface area contributed by atoms with E-state index in [1.807, 2.05) is 91.0 Å². The molecule has 0 spiro atoms. The van der Waals surface area contributed by atoms with Crippen LogP contribution in [-0.4, -0.2) is 87.2 Å². The van der Waals surface area contributed by atoms with Crippen molar-refractivity contribution in [1.82, 2.24) is 20.4 Å². The summed E-state index contributed by atoms with van der Waals surface area (Å²) in [6.07, 6.45) is -2.41. The van der Waals surface area contributed by atoms with Crippen LogP contribution in [0.25, 0.3) is 0 Å². The van der Waals surface area contributed by atoms with Gasteiger partial charge in [0.25, 0.3) is 0 Å². The number of aliphatic hydroxyl groups is 2. The first-order valence-corrected chi connectivity index (χ1v) is 14.7. The lowest BCUT2D eigenvalue weighted by atomic mass is 9.94. The van der Waals surface area contributed by atoms with Gasteiger partial charge in [-0.25, -0.2) is 9.59 Å². The molecule has 3 aromatic carbocycles. The Morgan fingerprint density at radius 1 is 0.744 bits per heavy atom. The molecule has 9 heteroatoms. The second-order valence-corrected chi connectivity index (χ2v) is 12.0. The van der Waals surface area contributed by atoms with Gasteiger partial charge in [0.15, 0.2) is 0 Å². The normalized spacial score (nSPS) is 14.3. The number of amides is 3. The molecule has 0 aliphatic carbocycles. The molecule has 0 radical (unpaired) electrons. The molecule has 0 saturated carbocycles. The van der Waals surface area contributed by atoms with Crippen LogP contribution < -0.4 is 10.6 Å². The highest BCUT2D eigenvalue weighted by Crippen LogP contribution is 2.23. The fraction of sp³-hybridized carbons (Fsp3) is 0.412. The third kappa shape index (κ3) is 10.7. The van der Waals surface area contributed by atoms with Gasteiger partial charge < -0.3 is 30.9 Å². The largest absolute Gasteiger partial charge is 0.465 e. The summed E-state index contributed by atoms with van der Waals surface area (Å²) in [5.74, 6) is 0. The molecule has 0 fully saturated rings. The first-order valence-electron chi connectivity index (χ1n) is 14.7. The molecular formula is C34H46N4O5. The maximum atomic E-state index is 13.1. The molecule has 0 saturated heterocycles. The third-order valence-corrected chi connectivity index (χ3v) is 7.38. The summed E-state index contributed by atoms with van der Waals surface area (Å²) in [6.45, 7) is 5.95. The number of hydrogen-bond donors (Lipinski definition) is 5. The van der Waals surface area contributed by atoms with Crippen LogP contribution in [0, 0.1) is 0 Å². The smallest absolute Gasteiger partial charge is 0.408 e. The minimum atomic E-state index is -1.11. The standard InChI is InChI=1S/C34H46N4O5/c1-34(2,3)38(33(42)43)29(21-26-16-10-6-11-17-26)31(40)23-35-22-30(39)28(20-25-14-8-5-9-15-25)36-32(41)37(4)24-27-18-12-7-13-19-27/h5-19,28-31,35,39-40H,20-24H2,1-4H3,(H,36,41)(H,42,43)/t28-,29-,30+,31+/m0/s1. The Balaban J connectivity index is 1.68. The van der Waals surface area contributed by atoms with Gasteiger partial charge in [-0.15, -0.1) is 0 Å². The number of carbonyl (C=O) groups excluding carboxylic acids is 1. The van der Waals surface area contributed by atoms with E-state index >= 15 is 0 Å². The molecule has 4 atom stereocenters. The van der Waals surface area contributed by atoms with E-state index in [0.29, 0.717) is 19.4 Å². The maximum absolute atomic E-state index is 13.1. The highest BCUT2D eigenvalue weighted by atomic mass is 16.4. The zero-order chi connectivity index (χ0) is 31.4. The zero-order valence-corrected chi connectivity index (χ0v) is 25.6. The zero-order valence-electron chi connectivity index (χ0n) is 25.6. The van der Waals surface area contributed by atoms with Crippen molar-refractivity contribution < 1.29 is 24.9 Å². The minimum absolute atomic E-state index is 0.0499. The van der Waals surface area contributed by atoms with Crippen LogP contribution in [0.5, 0.6) is 0 Å². The molecule has 0 aromatic heterocycles. The third-order valence-electron chi connectivity index (χ3n) is 7.38. The van der Waals surface area contributed by atoms with Crippen LogP contribution >= 0.6 is 0 Å². The van der Waals surface area contributed by atoms with Crippen molar-refractivity contribution in [3.05, 3.63) is 108 Å². The molecule has 0 aliphatic rings. The average Bonchev–Trinajstić information content (AvgIpc) is 2.97. The lowest BCUT2D eigenvalue weighted by Gasteiger charge is -2.42. The molecule has 0 bridgehead atoms. The summed E-state index contributed by atoms with van der Waals surface area (Å²) in [6, 6.07) is 27.1. The number of nitrogens with zero attached hydrogens (tertiary/aromatic N) is 2. The van der Waals surface area contributed by atoms with E-state index in [2.05, 4.69) is 10.6 Å². The number of aliphatic hydroxyl groups excluding tert-OH is 2. The second-order valence-electron chi connectivity index (χ2n) is 12.0. The lowest BCUT2D eigenvalue weighted by molar-refractivity contribution is 0.00636. The molecule has 0 heterocycles. The number of benzene rings is 3. The monoisotopic (exact) mass is 590 g/mol. The Morgan fingerprint density at radius 2 is 1.21 bits per heavy atom. The van der Waals surface area contributed by atoms with Crippen molar-refractivity contribution in [2.45, 2.75) is 70.0 Å². The first kappa shape index (κ1) is 33.6. The summed E-state index contributed by atoms with van der Waals surface area (Å²) >= 11 is 0. The molecule has 3 aromatic rings. The van der Waals surface area contributed by atoms with Gasteiger partial charge in [-0.3, -0.25) is 4.90 Å². The number of hydrogen-bond acceptors (Lipinski definition) is 5. The summed E-state index contributed by atoms with van der Waals surface area (Å²) in [4.78, 5) is 28.3. The quantitative estimate of drug-likeness (QED) is 0.192. The van der Waals surface area contributed by atoms with E-state index < -0.39 is 35.9 Å². The van der Waals surface area contributed by atoms with Crippen LogP contribution in [0.3, 0.4) is 0 Å². The van der Waals surface area contributed by atoms with E-state index in [9.17, 15) is 24.9 Å². The average molecular weight is 591 g/mol. The van der Waals surface area contributed by atoms with Gasteiger partial charge in [0.1, 0.15) is 0 Å². The van der Waals surface area contributed by atoms with Gasteiger partial charge in [-0.05, 0) is 50.3 Å². The highest BCUT2D eigenvalue weighted by molar-refractivity contribution is 5.74. The molecule has 232 valence electrons. The van der Waals surface area contributed by atoms with Crippen molar-refractivity contribution in [1.29, 1.82) is 0 Å². The number of carbonyl (C=O) groups is 2. The fourth-order valence-corrected chi connectivity index (χ4v) is 5.19. The molecule has 3 rings (SSSR count). The number of rotatable bonds is 14. The molecule has 0 unspecified atom stereocenters. The predicted molar refractivity (Wildman–Crippen MR) is 169 cm³/mol. The van der Waals surface area contributed by atoms with Crippen LogP contribution in [0.4, 0.5) is 9.59 Å². The molecule has 3 amide bonds. The van der Waals surface area contributed by atoms with Crippen LogP contribution in [0.2, 0.25) is 0 Å². The summed E-state index contributed by atoms with van der Waals surface area (Å²) in [7, 11) is 1.71. The molecule has 9 nitrogen and oxygen atoms in total. The number of carboxylic acid groups (broad SMARTS) is 1. The van der Waals surface area contributed by atoms with Gasteiger partial charge in [0.05, 0.1) is 24.3 Å². The first-order chi connectivity index (χ1) is 20.5. The van der Waals surface area contributed by atoms with Gasteiger partial charge in [-0.2, -0.15) is 0 Å².